The summed E-state index contributed by atoms with van der Waals surface area (Å²) in [5.41, 5.74) is 6.91. The summed E-state index contributed by atoms with van der Waals surface area (Å²) < 4.78 is 5.50. The van der Waals surface area contributed by atoms with Crippen LogP contribution >= 0.6 is 11.6 Å². The Labute approximate surface area is 134 Å². The van der Waals surface area contributed by atoms with Crippen molar-refractivity contribution in [1.82, 2.24) is 4.98 Å². The van der Waals surface area contributed by atoms with Crippen LogP contribution in [0.5, 0.6) is 5.75 Å². The molecule has 0 radical (unpaired) electrons. The molecule has 3 N–H and O–H groups in total. The summed E-state index contributed by atoms with van der Waals surface area (Å²) in [5, 5.41) is 4.21. The predicted molar refractivity (Wildman–Crippen MR) is 89.4 cm³/mol. The first-order chi connectivity index (χ1) is 10.6. The second-order valence-corrected chi connectivity index (χ2v) is 5.18. The number of nitrogens with zero attached hydrogens (tertiary/aromatic N) is 1. The molecule has 0 fully saturated rings. The van der Waals surface area contributed by atoms with E-state index in [-0.39, 0.29) is 5.91 Å². The van der Waals surface area contributed by atoms with Crippen LogP contribution in [0, 0.1) is 0 Å². The zero-order valence-corrected chi connectivity index (χ0v) is 13.3. The highest BCUT2D eigenvalue weighted by molar-refractivity contribution is 6.17. The van der Waals surface area contributed by atoms with E-state index < -0.39 is 0 Å². The Morgan fingerprint density at radius 1 is 1.41 bits per heavy atom. The maximum Gasteiger partial charge on any atom is 0.217 e. The van der Waals surface area contributed by atoms with Gasteiger partial charge in [-0.25, -0.2) is 4.98 Å². The summed E-state index contributed by atoms with van der Waals surface area (Å²) in [6.45, 7) is 3.20. The molecule has 0 saturated carbocycles. The standard InChI is InChI=1S/C16H20ClN3O2/c1-2-22-13-5-6-14-11(9-13)8-12(10-17)16(20-14)19-7-3-4-15(18)21/h5-6,8-9H,2-4,7,10H2,1H3,(H2,18,21)(H,19,20). The van der Waals surface area contributed by atoms with Crippen molar-refractivity contribution in [3.63, 3.8) is 0 Å². The first-order valence-corrected chi connectivity index (χ1v) is 7.82. The summed E-state index contributed by atoms with van der Waals surface area (Å²) in [6.07, 6.45) is 1.02. The fraction of sp³-hybridized carbons (Fsp3) is 0.375. The number of hydrogen-bond donors (Lipinski definition) is 2. The minimum atomic E-state index is -0.297. The number of anilines is 1. The number of pyridine rings is 1. The summed E-state index contributed by atoms with van der Waals surface area (Å²) in [7, 11) is 0. The molecule has 6 heteroatoms. The van der Waals surface area contributed by atoms with E-state index in [1.807, 2.05) is 31.2 Å². The monoisotopic (exact) mass is 321 g/mol. The lowest BCUT2D eigenvalue weighted by Gasteiger charge is -2.12. The van der Waals surface area contributed by atoms with Crippen LogP contribution in [-0.2, 0) is 10.7 Å². The SMILES string of the molecule is CCOc1ccc2nc(NCCCC(N)=O)c(CCl)cc2c1. The van der Waals surface area contributed by atoms with Gasteiger partial charge >= 0.3 is 0 Å². The van der Waals surface area contributed by atoms with Gasteiger partial charge in [0.25, 0.3) is 0 Å². The largest absolute Gasteiger partial charge is 0.494 e. The van der Waals surface area contributed by atoms with Gasteiger partial charge in [-0.3, -0.25) is 4.79 Å². The van der Waals surface area contributed by atoms with Gasteiger partial charge in [0.15, 0.2) is 0 Å². The average molecular weight is 322 g/mol. The maximum absolute atomic E-state index is 10.7. The Kier molecular flexibility index (Phi) is 5.83. The molecule has 0 aliphatic heterocycles. The second-order valence-electron chi connectivity index (χ2n) is 4.91. The molecule has 0 atom stereocenters. The van der Waals surface area contributed by atoms with E-state index in [1.165, 1.54) is 0 Å². The third kappa shape index (κ3) is 4.24. The maximum atomic E-state index is 10.7. The number of halogens is 1. The third-order valence-electron chi connectivity index (χ3n) is 3.21. The molecule has 5 nitrogen and oxygen atoms in total. The van der Waals surface area contributed by atoms with E-state index in [0.717, 1.165) is 28.0 Å². The van der Waals surface area contributed by atoms with Crippen LogP contribution in [0.3, 0.4) is 0 Å². The van der Waals surface area contributed by atoms with E-state index in [4.69, 9.17) is 22.1 Å². The van der Waals surface area contributed by atoms with Crippen molar-refractivity contribution in [1.29, 1.82) is 0 Å². The minimum Gasteiger partial charge on any atom is -0.494 e. The molecular formula is C16H20ClN3O2. The zero-order valence-electron chi connectivity index (χ0n) is 12.6. The number of rotatable bonds is 8. The number of benzene rings is 1. The fourth-order valence-electron chi connectivity index (χ4n) is 2.18. The number of amides is 1. The molecule has 0 unspecified atom stereocenters. The molecule has 0 aliphatic rings. The summed E-state index contributed by atoms with van der Waals surface area (Å²) in [5.74, 6) is 1.63. The first-order valence-electron chi connectivity index (χ1n) is 7.28. The Balaban J connectivity index is 2.19. The zero-order chi connectivity index (χ0) is 15.9. The molecule has 1 aromatic carbocycles. The molecular weight excluding hydrogens is 302 g/mol. The molecule has 2 rings (SSSR count). The topological polar surface area (TPSA) is 77.2 Å². The Morgan fingerprint density at radius 2 is 2.23 bits per heavy atom. The summed E-state index contributed by atoms with van der Waals surface area (Å²) >= 11 is 6.01. The molecule has 22 heavy (non-hydrogen) atoms. The van der Waals surface area contributed by atoms with Gasteiger partial charge in [0.2, 0.25) is 5.91 Å². The predicted octanol–water partition coefficient (Wildman–Crippen LogP) is 3.05. The quantitative estimate of drug-likeness (QED) is 0.578. The fourth-order valence-corrected chi connectivity index (χ4v) is 2.38. The van der Waals surface area contributed by atoms with Crippen molar-refractivity contribution in [2.24, 2.45) is 5.73 Å². The number of hydrogen-bond acceptors (Lipinski definition) is 4. The number of ether oxygens (including phenoxy) is 1. The molecule has 0 spiro atoms. The highest BCUT2D eigenvalue weighted by Crippen LogP contribution is 2.25. The van der Waals surface area contributed by atoms with Crippen LogP contribution < -0.4 is 15.8 Å². The summed E-state index contributed by atoms with van der Waals surface area (Å²) in [4.78, 5) is 15.3. The minimum absolute atomic E-state index is 0.297. The lowest BCUT2D eigenvalue weighted by molar-refractivity contribution is -0.118. The number of nitrogens with two attached hydrogens (primary N) is 1. The van der Waals surface area contributed by atoms with Gasteiger partial charge < -0.3 is 15.8 Å². The van der Waals surface area contributed by atoms with Crippen molar-refractivity contribution in [3.05, 3.63) is 29.8 Å². The van der Waals surface area contributed by atoms with Gasteiger partial charge in [-0.05, 0) is 37.6 Å². The number of primary amides is 1. The van der Waals surface area contributed by atoms with Crippen LogP contribution in [0.4, 0.5) is 5.82 Å². The molecule has 1 amide bonds. The van der Waals surface area contributed by atoms with Crippen molar-refractivity contribution >= 4 is 34.2 Å². The summed E-state index contributed by atoms with van der Waals surface area (Å²) in [6, 6.07) is 7.79. The lowest BCUT2D eigenvalue weighted by Crippen LogP contribution is -2.13. The lowest BCUT2D eigenvalue weighted by atomic mass is 10.1. The van der Waals surface area contributed by atoms with Crippen molar-refractivity contribution in [2.75, 3.05) is 18.5 Å². The van der Waals surface area contributed by atoms with Gasteiger partial charge in [-0.2, -0.15) is 0 Å². The average Bonchev–Trinajstić information content (AvgIpc) is 2.51. The number of aromatic nitrogens is 1. The number of fused-ring (bicyclic) bond motifs is 1. The first kappa shape index (κ1) is 16.4. The van der Waals surface area contributed by atoms with Gasteiger partial charge in [0.1, 0.15) is 11.6 Å². The van der Waals surface area contributed by atoms with Crippen molar-refractivity contribution in [3.8, 4) is 5.75 Å². The molecule has 2 aromatic rings. The smallest absolute Gasteiger partial charge is 0.217 e. The van der Waals surface area contributed by atoms with Crippen LogP contribution in [0.2, 0.25) is 0 Å². The number of nitrogens with one attached hydrogen (secondary N) is 1. The van der Waals surface area contributed by atoms with Crippen LogP contribution in [0.1, 0.15) is 25.3 Å². The normalized spacial score (nSPS) is 10.6. The van der Waals surface area contributed by atoms with E-state index in [9.17, 15) is 4.79 Å². The van der Waals surface area contributed by atoms with E-state index >= 15 is 0 Å². The molecule has 118 valence electrons. The Bertz CT molecular complexity index is 661. The molecule has 1 aromatic heterocycles. The molecule has 1 heterocycles. The van der Waals surface area contributed by atoms with Crippen molar-refractivity contribution in [2.45, 2.75) is 25.6 Å². The second kappa shape index (κ2) is 7.84. The van der Waals surface area contributed by atoms with Crippen LogP contribution in [0.15, 0.2) is 24.3 Å². The third-order valence-corrected chi connectivity index (χ3v) is 3.50. The van der Waals surface area contributed by atoms with E-state index in [1.54, 1.807) is 0 Å². The Morgan fingerprint density at radius 3 is 2.91 bits per heavy atom. The highest BCUT2D eigenvalue weighted by Gasteiger charge is 2.07. The van der Waals surface area contributed by atoms with Crippen LogP contribution in [0.25, 0.3) is 10.9 Å². The Hall–Kier alpha value is -2.01. The van der Waals surface area contributed by atoms with Gasteiger partial charge in [-0.15, -0.1) is 11.6 Å². The van der Waals surface area contributed by atoms with Gasteiger partial charge in [-0.1, -0.05) is 0 Å². The highest BCUT2D eigenvalue weighted by atomic mass is 35.5. The van der Waals surface area contributed by atoms with Gasteiger partial charge in [0, 0.05) is 23.9 Å². The van der Waals surface area contributed by atoms with Crippen molar-refractivity contribution < 1.29 is 9.53 Å². The molecule has 0 saturated heterocycles. The molecule has 0 aliphatic carbocycles. The van der Waals surface area contributed by atoms with E-state index in [0.29, 0.717) is 31.9 Å². The van der Waals surface area contributed by atoms with Crippen LogP contribution in [-0.4, -0.2) is 24.0 Å². The molecule has 0 bridgehead atoms. The number of alkyl halides is 1. The van der Waals surface area contributed by atoms with E-state index in [2.05, 4.69) is 10.3 Å². The number of carbonyl (C=O) groups is 1. The van der Waals surface area contributed by atoms with Gasteiger partial charge in [0.05, 0.1) is 18.0 Å². The number of carbonyl (C=O) groups excluding carboxylic acids is 1.